The summed E-state index contributed by atoms with van der Waals surface area (Å²) in [5, 5.41) is 20.0. The second-order valence-corrected chi connectivity index (χ2v) is 14.2. The second kappa shape index (κ2) is 18.4. The molecule has 3 atom stereocenters. The lowest BCUT2D eigenvalue weighted by Crippen LogP contribution is -2.52. The maximum Gasteiger partial charge on any atom is 0.257 e. The van der Waals surface area contributed by atoms with Crippen molar-refractivity contribution >= 4 is 23.2 Å². The van der Waals surface area contributed by atoms with Gasteiger partial charge in [0.2, 0.25) is 5.95 Å². The topological polar surface area (TPSA) is 158 Å². The van der Waals surface area contributed by atoms with Crippen molar-refractivity contribution in [3.8, 4) is 22.8 Å². The minimum atomic E-state index is -0.215. The smallest absolute Gasteiger partial charge is 0.257 e. The number of hydrogen-bond acceptors (Lipinski definition) is 14. The minimum Gasteiger partial charge on any atom is -0.487 e. The molecule has 1 N–H and O–H groups in total. The Balaban J connectivity index is 0.988. The lowest BCUT2D eigenvalue weighted by Gasteiger charge is -2.43. The Bertz CT molecular complexity index is 1690. The number of benzene rings is 1. The zero-order valence-electron chi connectivity index (χ0n) is 30.4. The minimum absolute atomic E-state index is 0.215. The number of morpholine rings is 1. The first-order valence-corrected chi connectivity index (χ1v) is 18.9. The van der Waals surface area contributed by atoms with Gasteiger partial charge in [-0.05, 0) is 73.6 Å². The molecule has 286 valence electrons. The van der Waals surface area contributed by atoms with Crippen LogP contribution in [-0.2, 0) is 25.5 Å². The molecule has 2 aliphatic heterocycles. The molecule has 3 fully saturated rings. The number of halogens is 1. The van der Waals surface area contributed by atoms with Crippen LogP contribution in [0, 0.1) is 0 Å². The molecule has 0 amide bonds. The highest BCUT2D eigenvalue weighted by Gasteiger charge is 2.42. The Morgan fingerprint density at radius 2 is 1.58 bits per heavy atom. The maximum atomic E-state index is 6.48. The van der Waals surface area contributed by atoms with Gasteiger partial charge in [0.15, 0.2) is 0 Å². The molecule has 2 bridgehead atoms. The number of rotatable bonds is 19. The third-order valence-electron chi connectivity index (χ3n) is 10.1. The molecule has 16 nitrogen and oxygen atoms in total. The number of fused-ring (bicyclic) bond motifs is 2. The number of methoxy groups -OCH3 is 1. The highest BCUT2D eigenvalue weighted by atomic mass is 35.5. The highest BCUT2D eigenvalue weighted by molar-refractivity contribution is 6.32. The molecular formula is C36H49ClN10O6. The number of tetrazole rings is 1. The van der Waals surface area contributed by atoms with Crippen molar-refractivity contribution in [2.75, 3.05) is 65.3 Å². The summed E-state index contributed by atoms with van der Waals surface area (Å²) >= 11 is 6.48. The predicted octanol–water partition coefficient (Wildman–Crippen LogP) is 4.60. The van der Waals surface area contributed by atoms with Gasteiger partial charge in [0.05, 0.1) is 70.1 Å². The van der Waals surface area contributed by atoms with Gasteiger partial charge >= 0.3 is 0 Å². The van der Waals surface area contributed by atoms with Crippen LogP contribution in [0.3, 0.4) is 0 Å². The average Bonchev–Trinajstić information content (AvgIpc) is 3.90. The monoisotopic (exact) mass is 752 g/mol. The number of nitrogens with one attached hydrogen (secondary N) is 1. The van der Waals surface area contributed by atoms with E-state index in [1.165, 1.54) is 12.8 Å². The molecule has 5 heterocycles. The zero-order chi connectivity index (χ0) is 36.4. The van der Waals surface area contributed by atoms with Gasteiger partial charge in [-0.15, -0.1) is 10.2 Å². The van der Waals surface area contributed by atoms with E-state index in [0.29, 0.717) is 92.6 Å². The van der Waals surface area contributed by atoms with Gasteiger partial charge in [0.1, 0.15) is 30.5 Å². The molecule has 53 heavy (non-hydrogen) atoms. The van der Waals surface area contributed by atoms with E-state index in [-0.39, 0.29) is 12.1 Å². The van der Waals surface area contributed by atoms with Crippen LogP contribution in [0.4, 0.5) is 11.6 Å². The first-order valence-electron chi connectivity index (χ1n) is 18.5. The van der Waals surface area contributed by atoms with E-state index in [9.17, 15) is 0 Å². The number of nitrogens with zero attached hydrogens (tertiary/aromatic N) is 9. The third-order valence-corrected chi connectivity index (χ3v) is 10.4. The van der Waals surface area contributed by atoms with E-state index < -0.39 is 0 Å². The van der Waals surface area contributed by atoms with Gasteiger partial charge in [-0.2, -0.15) is 0 Å². The lowest BCUT2D eigenvalue weighted by atomic mass is 9.89. The van der Waals surface area contributed by atoms with Crippen molar-refractivity contribution in [3.63, 3.8) is 0 Å². The van der Waals surface area contributed by atoms with Gasteiger partial charge in [-0.3, -0.25) is 9.58 Å². The molecule has 2 saturated heterocycles. The SMILES string of the molecule is COCCOCCOCCOc1nn(C2CCC(N3[C@@H]4CC[C@H]3COC4)CC2)cc1Nc1ncc(-c2ccc(Cl)c(OC(C)Cn3cnnn3)c2)cn1. The molecule has 1 aliphatic carbocycles. The largest absolute Gasteiger partial charge is 0.487 e. The van der Waals surface area contributed by atoms with E-state index in [2.05, 4.69) is 40.4 Å². The van der Waals surface area contributed by atoms with E-state index in [1.54, 1.807) is 36.6 Å². The Labute approximate surface area is 314 Å². The number of hydrogen-bond donors (Lipinski definition) is 1. The Kier molecular flexibility index (Phi) is 13.0. The number of anilines is 2. The lowest BCUT2D eigenvalue weighted by molar-refractivity contribution is -0.0458. The van der Waals surface area contributed by atoms with Crippen molar-refractivity contribution in [1.82, 2.24) is 44.9 Å². The molecule has 7 rings (SSSR count). The summed E-state index contributed by atoms with van der Waals surface area (Å²) in [6, 6.07) is 7.65. The van der Waals surface area contributed by atoms with E-state index in [4.69, 9.17) is 45.1 Å². The van der Waals surface area contributed by atoms with Crippen LogP contribution in [0.2, 0.25) is 5.02 Å². The van der Waals surface area contributed by atoms with Crippen LogP contribution in [-0.4, -0.2) is 129 Å². The fourth-order valence-corrected chi connectivity index (χ4v) is 7.67. The summed E-state index contributed by atoms with van der Waals surface area (Å²) in [6.07, 6.45) is 13.8. The van der Waals surface area contributed by atoms with Crippen LogP contribution in [0.15, 0.2) is 43.1 Å². The van der Waals surface area contributed by atoms with Crippen LogP contribution in [0.25, 0.3) is 11.1 Å². The number of aromatic nitrogens is 8. The van der Waals surface area contributed by atoms with Crippen molar-refractivity contribution in [1.29, 1.82) is 0 Å². The molecule has 17 heteroatoms. The summed E-state index contributed by atoms with van der Waals surface area (Å²) < 4.78 is 38.0. The van der Waals surface area contributed by atoms with Crippen LogP contribution in [0.5, 0.6) is 11.6 Å². The molecule has 1 unspecified atom stereocenters. The summed E-state index contributed by atoms with van der Waals surface area (Å²) in [4.78, 5) is 12.0. The van der Waals surface area contributed by atoms with E-state index in [1.807, 2.05) is 25.3 Å². The van der Waals surface area contributed by atoms with Crippen LogP contribution in [0.1, 0.15) is 51.5 Å². The van der Waals surface area contributed by atoms with Crippen molar-refractivity contribution in [2.24, 2.45) is 0 Å². The van der Waals surface area contributed by atoms with Crippen molar-refractivity contribution in [3.05, 3.63) is 48.1 Å². The molecule has 0 spiro atoms. The van der Waals surface area contributed by atoms with Gasteiger partial charge in [-0.25, -0.2) is 14.6 Å². The maximum absolute atomic E-state index is 6.48. The Morgan fingerprint density at radius 3 is 2.30 bits per heavy atom. The summed E-state index contributed by atoms with van der Waals surface area (Å²) in [5.41, 5.74) is 2.38. The molecule has 3 aromatic heterocycles. The molecule has 0 radical (unpaired) electrons. The van der Waals surface area contributed by atoms with E-state index >= 15 is 0 Å². The Morgan fingerprint density at radius 1 is 0.887 bits per heavy atom. The van der Waals surface area contributed by atoms with Crippen molar-refractivity contribution in [2.45, 2.75) is 82.3 Å². The van der Waals surface area contributed by atoms with Crippen LogP contribution >= 0.6 is 11.6 Å². The van der Waals surface area contributed by atoms with Crippen LogP contribution < -0.4 is 14.8 Å². The summed E-state index contributed by atoms with van der Waals surface area (Å²) in [7, 11) is 1.65. The predicted molar refractivity (Wildman–Crippen MR) is 196 cm³/mol. The van der Waals surface area contributed by atoms with Gasteiger partial charge in [0, 0.05) is 43.2 Å². The Hall–Kier alpha value is -3.93. The fraction of sp³-hybridized carbons (Fsp3) is 0.611. The zero-order valence-corrected chi connectivity index (χ0v) is 31.1. The standard InChI is InChI=1S/C36H49ClN10O6/c1-25(20-45-24-40-43-44-45)53-34-17-26(3-10-32(34)37)27-18-38-36(39-19-27)41-33-21-46(42-35(33)52-16-15-50-14-13-49-12-11-48-2)28-4-6-29(7-5-28)47-30-8-9-31(47)23-51-22-30/h3,10,17-19,21,24-25,28-31H,4-9,11-16,20,22-23H2,1-2H3,(H,38,39,41)/t25?,28?,29?,30-,31+. The molecule has 4 aromatic rings. The summed E-state index contributed by atoms with van der Waals surface area (Å²) in [5.74, 6) is 1.46. The molecule has 1 aromatic carbocycles. The van der Waals surface area contributed by atoms with Gasteiger partial charge < -0.3 is 33.7 Å². The first-order chi connectivity index (χ1) is 26.0. The second-order valence-electron chi connectivity index (χ2n) is 13.8. The fourth-order valence-electron chi connectivity index (χ4n) is 7.51. The third kappa shape index (κ3) is 9.79. The van der Waals surface area contributed by atoms with Gasteiger partial charge in [-0.1, -0.05) is 17.7 Å². The number of ether oxygens (including phenoxy) is 6. The highest BCUT2D eigenvalue weighted by Crippen LogP contribution is 2.39. The van der Waals surface area contributed by atoms with E-state index in [0.717, 1.165) is 50.0 Å². The molecule has 3 aliphatic rings. The van der Waals surface area contributed by atoms with Crippen molar-refractivity contribution < 1.29 is 28.4 Å². The molecular weight excluding hydrogens is 704 g/mol. The normalized spacial score (nSPS) is 22.2. The van der Waals surface area contributed by atoms with Gasteiger partial charge in [0.25, 0.3) is 5.88 Å². The molecule has 1 saturated carbocycles. The first kappa shape index (κ1) is 37.4. The summed E-state index contributed by atoms with van der Waals surface area (Å²) in [6.45, 7) is 6.97. The quantitative estimate of drug-likeness (QED) is 0.133. The average molecular weight is 753 g/mol.